The zero-order valence-electron chi connectivity index (χ0n) is 14.4. The van der Waals surface area contributed by atoms with Crippen LogP contribution in [0.1, 0.15) is 11.1 Å². The molecule has 0 fully saturated rings. The molecular weight excluding hydrogens is 350 g/mol. The molecule has 0 aliphatic rings. The van der Waals surface area contributed by atoms with E-state index in [9.17, 15) is 14.9 Å². The van der Waals surface area contributed by atoms with Crippen molar-refractivity contribution in [2.45, 2.75) is 18.9 Å². The maximum absolute atomic E-state index is 12.2. The van der Waals surface area contributed by atoms with Crippen molar-refractivity contribution in [3.63, 3.8) is 0 Å². The summed E-state index contributed by atoms with van der Waals surface area (Å²) in [6, 6.07) is 14.1. The van der Waals surface area contributed by atoms with Crippen LogP contribution in [0.4, 0.5) is 11.4 Å². The molecule has 6 nitrogen and oxygen atoms in total. The van der Waals surface area contributed by atoms with Crippen LogP contribution in [-0.2, 0) is 4.79 Å². The zero-order chi connectivity index (χ0) is 18.7. The van der Waals surface area contributed by atoms with Crippen molar-refractivity contribution in [2.24, 2.45) is 0 Å². The topological polar surface area (TPSA) is 85.1 Å². The number of nitrogens with one attached hydrogen (secondary N) is 1. The fourth-order valence-electron chi connectivity index (χ4n) is 2.67. The predicted molar refractivity (Wildman–Crippen MR) is 104 cm³/mol. The van der Waals surface area contributed by atoms with Crippen LogP contribution in [-0.4, -0.2) is 21.6 Å². The standard InChI is InChI=1S/C19H17N3O3S/c1-12-6-5-7-14-13(2)10-18(21-19(12)14)26-11-17(23)20-15-8-3-4-9-16(15)22(24)25/h3-10H,11H2,1-2H3,(H,20,23). The molecule has 26 heavy (non-hydrogen) atoms. The molecule has 0 atom stereocenters. The van der Waals surface area contributed by atoms with Crippen molar-refractivity contribution < 1.29 is 9.72 Å². The Morgan fingerprint density at radius 1 is 1.15 bits per heavy atom. The van der Waals surface area contributed by atoms with Gasteiger partial charge in [-0.3, -0.25) is 14.9 Å². The SMILES string of the molecule is Cc1cc(SCC(=O)Nc2ccccc2[N+](=O)[O-])nc2c(C)cccc12. The fraction of sp³-hybridized carbons (Fsp3) is 0.158. The minimum absolute atomic E-state index is 0.121. The van der Waals surface area contributed by atoms with Gasteiger partial charge in [0.2, 0.25) is 5.91 Å². The van der Waals surface area contributed by atoms with E-state index in [1.54, 1.807) is 12.1 Å². The predicted octanol–water partition coefficient (Wildman–Crippen LogP) is 4.49. The summed E-state index contributed by atoms with van der Waals surface area (Å²) in [6.45, 7) is 4.02. The highest BCUT2D eigenvalue weighted by atomic mass is 32.2. The van der Waals surface area contributed by atoms with Gasteiger partial charge in [-0.25, -0.2) is 4.98 Å². The van der Waals surface area contributed by atoms with Gasteiger partial charge in [0.05, 0.1) is 21.2 Å². The Labute approximate surface area is 154 Å². The van der Waals surface area contributed by atoms with Gasteiger partial charge in [-0.15, -0.1) is 0 Å². The average Bonchev–Trinajstić information content (AvgIpc) is 2.61. The van der Waals surface area contributed by atoms with Gasteiger partial charge in [0.15, 0.2) is 0 Å². The molecule has 0 aliphatic heterocycles. The number of pyridine rings is 1. The first-order valence-electron chi connectivity index (χ1n) is 7.99. The molecule has 1 aromatic heterocycles. The molecule has 0 unspecified atom stereocenters. The molecule has 0 spiro atoms. The van der Waals surface area contributed by atoms with Crippen LogP contribution in [0.25, 0.3) is 10.9 Å². The number of hydrogen-bond acceptors (Lipinski definition) is 5. The molecule has 3 aromatic rings. The van der Waals surface area contributed by atoms with Crippen molar-refractivity contribution in [1.29, 1.82) is 0 Å². The molecule has 1 N–H and O–H groups in total. The number of thioether (sulfide) groups is 1. The molecule has 7 heteroatoms. The molecule has 1 amide bonds. The van der Waals surface area contributed by atoms with Crippen molar-refractivity contribution in [3.8, 4) is 0 Å². The Morgan fingerprint density at radius 3 is 2.69 bits per heavy atom. The molecule has 0 aliphatic carbocycles. The van der Waals surface area contributed by atoms with Gasteiger partial charge in [-0.2, -0.15) is 0 Å². The van der Waals surface area contributed by atoms with Crippen LogP contribution in [0.5, 0.6) is 0 Å². The number of hydrogen-bond donors (Lipinski definition) is 1. The minimum atomic E-state index is -0.514. The summed E-state index contributed by atoms with van der Waals surface area (Å²) in [5.74, 6) is -0.191. The number of amides is 1. The maximum atomic E-state index is 12.2. The summed E-state index contributed by atoms with van der Waals surface area (Å²) >= 11 is 1.31. The highest BCUT2D eigenvalue weighted by Gasteiger charge is 2.15. The minimum Gasteiger partial charge on any atom is -0.320 e. The van der Waals surface area contributed by atoms with Gasteiger partial charge in [-0.05, 0) is 37.1 Å². The second kappa shape index (κ2) is 7.53. The third-order valence-corrected chi connectivity index (χ3v) is 4.86. The van der Waals surface area contributed by atoms with E-state index in [0.717, 1.165) is 27.1 Å². The first kappa shape index (κ1) is 17.9. The number of fused-ring (bicyclic) bond motifs is 1. The number of benzene rings is 2. The van der Waals surface area contributed by atoms with E-state index in [1.165, 1.54) is 23.9 Å². The van der Waals surface area contributed by atoms with Crippen molar-refractivity contribution in [2.75, 3.05) is 11.1 Å². The number of nitro groups is 1. The first-order valence-corrected chi connectivity index (χ1v) is 8.97. The Bertz CT molecular complexity index is 1000. The smallest absolute Gasteiger partial charge is 0.292 e. The molecule has 3 rings (SSSR count). The molecule has 0 radical (unpaired) electrons. The van der Waals surface area contributed by atoms with E-state index >= 15 is 0 Å². The normalized spacial score (nSPS) is 10.7. The van der Waals surface area contributed by atoms with Crippen LogP contribution < -0.4 is 5.32 Å². The van der Waals surface area contributed by atoms with Crippen LogP contribution in [0.2, 0.25) is 0 Å². The number of carbonyl (C=O) groups excluding carboxylic acids is 1. The van der Waals surface area contributed by atoms with Gasteiger partial charge >= 0.3 is 0 Å². The summed E-state index contributed by atoms with van der Waals surface area (Å²) in [6.07, 6.45) is 0. The Hall–Kier alpha value is -2.93. The Kier molecular flexibility index (Phi) is 5.18. The summed E-state index contributed by atoms with van der Waals surface area (Å²) < 4.78 is 0. The summed E-state index contributed by atoms with van der Waals surface area (Å²) in [5, 5.41) is 15.5. The van der Waals surface area contributed by atoms with Crippen LogP contribution >= 0.6 is 11.8 Å². The highest BCUT2D eigenvalue weighted by Crippen LogP contribution is 2.27. The van der Waals surface area contributed by atoms with E-state index in [2.05, 4.69) is 10.3 Å². The summed E-state index contributed by atoms with van der Waals surface area (Å²) in [7, 11) is 0. The van der Waals surface area contributed by atoms with Crippen molar-refractivity contribution in [1.82, 2.24) is 4.98 Å². The van der Waals surface area contributed by atoms with E-state index in [4.69, 9.17) is 0 Å². The summed E-state index contributed by atoms with van der Waals surface area (Å²) in [4.78, 5) is 27.3. The number of rotatable bonds is 5. The van der Waals surface area contributed by atoms with E-state index in [1.807, 2.05) is 38.1 Å². The maximum Gasteiger partial charge on any atom is 0.292 e. The lowest BCUT2D eigenvalue weighted by Crippen LogP contribution is -2.15. The monoisotopic (exact) mass is 367 g/mol. The lowest BCUT2D eigenvalue weighted by molar-refractivity contribution is -0.383. The number of para-hydroxylation sites is 3. The number of aromatic nitrogens is 1. The molecular formula is C19H17N3O3S. The van der Waals surface area contributed by atoms with Gasteiger partial charge in [-0.1, -0.05) is 42.1 Å². The number of anilines is 1. The van der Waals surface area contributed by atoms with E-state index in [-0.39, 0.29) is 23.0 Å². The number of nitrogens with zero attached hydrogens (tertiary/aromatic N) is 2. The largest absolute Gasteiger partial charge is 0.320 e. The van der Waals surface area contributed by atoms with Crippen LogP contribution in [0, 0.1) is 24.0 Å². The van der Waals surface area contributed by atoms with Crippen molar-refractivity contribution in [3.05, 3.63) is 69.8 Å². The molecule has 0 saturated carbocycles. The molecule has 1 heterocycles. The van der Waals surface area contributed by atoms with Crippen molar-refractivity contribution >= 4 is 39.9 Å². The van der Waals surface area contributed by atoms with Gasteiger partial charge in [0, 0.05) is 11.5 Å². The lowest BCUT2D eigenvalue weighted by Gasteiger charge is -2.09. The van der Waals surface area contributed by atoms with Gasteiger partial charge in [0.1, 0.15) is 5.69 Å². The number of carbonyl (C=O) groups is 1. The third-order valence-electron chi connectivity index (χ3n) is 3.95. The van der Waals surface area contributed by atoms with E-state index < -0.39 is 4.92 Å². The zero-order valence-corrected chi connectivity index (χ0v) is 15.2. The number of aryl methyl sites for hydroxylation is 2. The number of nitro benzene ring substituents is 1. The summed E-state index contributed by atoms with van der Waals surface area (Å²) in [5.41, 5.74) is 3.18. The fourth-order valence-corrected chi connectivity index (χ4v) is 3.44. The first-order chi connectivity index (χ1) is 12.5. The second-order valence-electron chi connectivity index (χ2n) is 5.86. The molecule has 132 valence electrons. The Morgan fingerprint density at radius 2 is 1.92 bits per heavy atom. The van der Waals surface area contributed by atoms with Gasteiger partial charge < -0.3 is 5.32 Å². The third kappa shape index (κ3) is 3.83. The second-order valence-corrected chi connectivity index (χ2v) is 6.86. The molecule has 2 aromatic carbocycles. The van der Waals surface area contributed by atoms with Crippen LogP contribution in [0.15, 0.2) is 53.6 Å². The van der Waals surface area contributed by atoms with Crippen LogP contribution in [0.3, 0.4) is 0 Å². The quantitative estimate of drug-likeness (QED) is 0.408. The Balaban J connectivity index is 1.73. The molecule has 0 saturated heterocycles. The molecule has 0 bridgehead atoms. The average molecular weight is 367 g/mol. The lowest BCUT2D eigenvalue weighted by atomic mass is 10.1. The van der Waals surface area contributed by atoms with Gasteiger partial charge in [0.25, 0.3) is 5.69 Å². The van der Waals surface area contributed by atoms with E-state index in [0.29, 0.717) is 0 Å². The highest BCUT2D eigenvalue weighted by molar-refractivity contribution is 7.99.